The van der Waals surface area contributed by atoms with Crippen LogP contribution in [0.25, 0.3) is 0 Å². The predicted molar refractivity (Wildman–Crippen MR) is 84.6 cm³/mol. The number of rotatable bonds is 3. The highest BCUT2D eigenvalue weighted by Crippen LogP contribution is 2.40. The first-order valence-electron chi connectivity index (χ1n) is 6.41. The number of carbonyl (C=O) groups is 2. The van der Waals surface area contributed by atoms with E-state index in [1.54, 1.807) is 18.2 Å². The van der Waals surface area contributed by atoms with Crippen LogP contribution in [0.3, 0.4) is 0 Å². The van der Waals surface area contributed by atoms with Crippen LogP contribution >= 0.6 is 18.9 Å². The van der Waals surface area contributed by atoms with Crippen molar-refractivity contribution in [2.24, 2.45) is 0 Å². The van der Waals surface area contributed by atoms with Crippen molar-refractivity contribution in [3.05, 3.63) is 24.3 Å². The first kappa shape index (κ1) is 15.3. The van der Waals surface area contributed by atoms with Gasteiger partial charge in [-0.2, -0.15) is 0 Å². The quantitative estimate of drug-likeness (QED) is 0.804. The molecular weight excluding hydrogens is 293 g/mol. The molecule has 1 aromatic rings. The van der Waals surface area contributed by atoms with Gasteiger partial charge >= 0.3 is 0 Å². The molecule has 0 aliphatic carbocycles. The maximum absolute atomic E-state index is 12.4. The van der Waals surface area contributed by atoms with Gasteiger partial charge in [-0.25, -0.2) is 0 Å². The molecule has 1 heterocycles. The van der Waals surface area contributed by atoms with E-state index < -0.39 is 7.14 Å². The molecule has 0 radical (unpaired) electrons. The summed E-state index contributed by atoms with van der Waals surface area (Å²) in [4.78, 5) is 25.0. The summed E-state index contributed by atoms with van der Waals surface area (Å²) in [6.07, 6.45) is 0.357. The lowest BCUT2D eigenvalue weighted by Gasteiger charge is -2.22. The van der Waals surface area contributed by atoms with Gasteiger partial charge in [-0.05, 0) is 25.5 Å². The maximum Gasteiger partial charge on any atom is 0.228 e. The fraction of sp³-hybridized carbons (Fsp3) is 0.429. The average molecular weight is 311 g/mol. The van der Waals surface area contributed by atoms with Crippen molar-refractivity contribution in [2.75, 3.05) is 24.8 Å². The smallest absolute Gasteiger partial charge is 0.228 e. The van der Waals surface area contributed by atoms with Crippen molar-refractivity contribution < 1.29 is 14.2 Å². The molecule has 4 nitrogen and oxygen atoms in total. The Morgan fingerprint density at radius 2 is 2.00 bits per heavy atom. The number of hydrogen-bond acceptors (Lipinski definition) is 4. The monoisotopic (exact) mass is 311 g/mol. The van der Waals surface area contributed by atoms with E-state index in [2.05, 4.69) is 0 Å². The van der Waals surface area contributed by atoms with Gasteiger partial charge in [0.25, 0.3) is 0 Å². The van der Waals surface area contributed by atoms with Crippen LogP contribution in [0.15, 0.2) is 24.3 Å². The van der Waals surface area contributed by atoms with E-state index in [0.29, 0.717) is 13.0 Å². The average Bonchev–Trinajstić information content (AvgIpc) is 2.68. The SMILES string of the molecule is CC(=O)SC1CC(=O)N(c2ccccc2P(C)(C)=O)C1. The van der Waals surface area contributed by atoms with Crippen molar-refractivity contribution in [2.45, 2.75) is 18.6 Å². The number of carbonyl (C=O) groups excluding carboxylic acids is 2. The molecule has 1 atom stereocenters. The van der Waals surface area contributed by atoms with Crippen LogP contribution in [-0.4, -0.2) is 36.1 Å². The molecule has 2 rings (SSSR count). The molecule has 1 aliphatic heterocycles. The van der Waals surface area contributed by atoms with E-state index in [1.165, 1.54) is 18.7 Å². The third-order valence-electron chi connectivity index (χ3n) is 3.17. The lowest BCUT2D eigenvalue weighted by molar-refractivity contribution is -0.117. The summed E-state index contributed by atoms with van der Waals surface area (Å²) in [5.74, 6) is -0.00958. The Bertz CT molecular complexity index is 596. The summed E-state index contributed by atoms with van der Waals surface area (Å²) < 4.78 is 12.4. The van der Waals surface area contributed by atoms with Gasteiger partial charge in [0, 0.05) is 30.4 Å². The summed E-state index contributed by atoms with van der Waals surface area (Å²) >= 11 is 1.21. The molecule has 20 heavy (non-hydrogen) atoms. The highest BCUT2D eigenvalue weighted by atomic mass is 32.2. The number of amides is 1. The predicted octanol–water partition coefficient (Wildman–Crippen LogP) is 2.32. The molecule has 0 N–H and O–H groups in total. The zero-order chi connectivity index (χ0) is 14.9. The molecule has 6 heteroatoms. The Morgan fingerprint density at radius 3 is 2.60 bits per heavy atom. The molecule has 0 aromatic heterocycles. The zero-order valence-corrected chi connectivity index (χ0v) is 13.5. The number of para-hydroxylation sites is 1. The van der Waals surface area contributed by atoms with Crippen LogP contribution in [0.1, 0.15) is 13.3 Å². The number of nitrogens with zero attached hydrogens (tertiary/aromatic N) is 1. The van der Waals surface area contributed by atoms with Crippen LogP contribution in [-0.2, 0) is 14.2 Å². The number of thioether (sulfide) groups is 1. The Hall–Kier alpha value is -1.06. The van der Waals surface area contributed by atoms with Crippen LogP contribution in [0.4, 0.5) is 5.69 Å². The lowest BCUT2D eigenvalue weighted by atomic mass is 10.3. The van der Waals surface area contributed by atoms with Gasteiger partial charge in [-0.1, -0.05) is 23.9 Å². The van der Waals surface area contributed by atoms with E-state index in [4.69, 9.17) is 0 Å². The normalized spacial score (nSPS) is 19.4. The molecule has 0 spiro atoms. The van der Waals surface area contributed by atoms with Crippen molar-refractivity contribution in [3.8, 4) is 0 Å². The molecule has 1 aromatic carbocycles. The summed E-state index contributed by atoms with van der Waals surface area (Å²) in [6.45, 7) is 5.42. The van der Waals surface area contributed by atoms with Gasteiger partial charge in [0.05, 0.1) is 5.69 Å². The molecule has 1 fully saturated rings. The first-order valence-corrected chi connectivity index (χ1v) is 9.89. The van der Waals surface area contributed by atoms with E-state index in [0.717, 1.165) is 11.0 Å². The number of hydrogen-bond donors (Lipinski definition) is 0. The molecule has 1 aliphatic rings. The van der Waals surface area contributed by atoms with E-state index >= 15 is 0 Å². The third kappa shape index (κ3) is 3.33. The summed E-state index contributed by atoms with van der Waals surface area (Å²) in [5.41, 5.74) is 0.720. The summed E-state index contributed by atoms with van der Waals surface area (Å²) in [6, 6.07) is 7.32. The van der Waals surface area contributed by atoms with Crippen molar-refractivity contribution in [1.29, 1.82) is 0 Å². The van der Waals surface area contributed by atoms with E-state index in [9.17, 15) is 14.2 Å². The van der Waals surface area contributed by atoms with Gasteiger partial charge in [0.1, 0.15) is 7.14 Å². The topological polar surface area (TPSA) is 54.5 Å². The van der Waals surface area contributed by atoms with Gasteiger partial charge in [-0.15, -0.1) is 0 Å². The third-order valence-corrected chi connectivity index (χ3v) is 5.69. The molecule has 0 saturated carbocycles. The molecule has 1 unspecified atom stereocenters. The van der Waals surface area contributed by atoms with Crippen LogP contribution in [0.2, 0.25) is 0 Å². The van der Waals surface area contributed by atoms with Gasteiger partial charge in [-0.3, -0.25) is 9.59 Å². The van der Waals surface area contributed by atoms with Gasteiger partial charge in [0.15, 0.2) is 5.12 Å². The fourth-order valence-corrected chi connectivity index (χ4v) is 4.48. The second-order valence-corrected chi connectivity index (χ2v) is 9.94. The van der Waals surface area contributed by atoms with Crippen molar-refractivity contribution in [1.82, 2.24) is 0 Å². The Morgan fingerprint density at radius 1 is 1.35 bits per heavy atom. The number of benzene rings is 1. The number of anilines is 1. The minimum Gasteiger partial charge on any atom is -0.319 e. The van der Waals surface area contributed by atoms with Gasteiger partial charge < -0.3 is 9.46 Å². The van der Waals surface area contributed by atoms with Crippen LogP contribution in [0, 0.1) is 0 Å². The van der Waals surface area contributed by atoms with Crippen molar-refractivity contribution in [3.63, 3.8) is 0 Å². The Kier molecular flexibility index (Phi) is 4.40. The molecular formula is C14H18NO3PS. The zero-order valence-electron chi connectivity index (χ0n) is 11.8. The van der Waals surface area contributed by atoms with Crippen molar-refractivity contribution >= 4 is 40.9 Å². The van der Waals surface area contributed by atoms with Crippen LogP contribution in [0.5, 0.6) is 0 Å². The molecule has 1 amide bonds. The molecule has 0 bridgehead atoms. The van der Waals surface area contributed by atoms with E-state index in [1.807, 2.05) is 24.3 Å². The second-order valence-electron chi connectivity index (χ2n) is 5.28. The van der Waals surface area contributed by atoms with Crippen LogP contribution < -0.4 is 10.2 Å². The molecule has 108 valence electrons. The first-order chi connectivity index (χ1) is 9.29. The standard InChI is InChI=1S/C14H18NO3PS/c1-10(16)20-11-8-14(17)15(9-11)12-6-4-5-7-13(12)19(2,3)18/h4-7,11H,8-9H2,1-3H3. The summed E-state index contributed by atoms with van der Waals surface area (Å²) in [5, 5.41) is 0.734. The molecule has 1 saturated heterocycles. The summed E-state index contributed by atoms with van der Waals surface area (Å²) in [7, 11) is -2.45. The largest absolute Gasteiger partial charge is 0.319 e. The highest BCUT2D eigenvalue weighted by molar-refractivity contribution is 8.14. The highest BCUT2D eigenvalue weighted by Gasteiger charge is 2.34. The fourth-order valence-electron chi connectivity index (χ4n) is 2.37. The second kappa shape index (κ2) is 5.74. The Balaban J connectivity index is 2.31. The lowest BCUT2D eigenvalue weighted by Crippen LogP contribution is -2.29. The van der Waals surface area contributed by atoms with Gasteiger partial charge in [0.2, 0.25) is 5.91 Å². The minimum atomic E-state index is -2.45. The minimum absolute atomic E-state index is 0.00958. The Labute approximate surface area is 123 Å². The maximum atomic E-state index is 12.4. The van der Waals surface area contributed by atoms with E-state index in [-0.39, 0.29) is 16.3 Å².